The monoisotopic (exact) mass is 494 g/mol. The van der Waals surface area contributed by atoms with Crippen LogP contribution in [0.1, 0.15) is 40.6 Å². The van der Waals surface area contributed by atoms with E-state index in [0.717, 1.165) is 23.5 Å². The molecule has 12 heteroatoms. The van der Waals surface area contributed by atoms with Crippen LogP contribution in [0.15, 0.2) is 47.4 Å². The van der Waals surface area contributed by atoms with Crippen LogP contribution < -0.4 is 10.1 Å². The van der Waals surface area contributed by atoms with E-state index in [2.05, 4.69) is 15.5 Å². The van der Waals surface area contributed by atoms with Gasteiger partial charge in [-0.2, -0.15) is 4.31 Å². The molecule has 3 aromatic rings. The van der Waals surface area contributed by atoms with Crippen molar-refractivity contribution in [1.82, 2.24) is 14.5 Å². The predicted molar refractivity (Wildman–Crippen MR) is 118 cm³/mol. The van der Waals surface area contributed by atoms with Crippen LogP contribution in [0.25, 0.3) is 0 Å². The van der Waals surface area contributed by atoms with Crippen molar-refractivity contribution in [2.45, 2.75) is 30.7 Å². The van der Waals surface area contributed by atoms with Crippen LogP contribution in [0.5, 0.6) is 5.75 Å². The van der Waals surface area contributed by atoms with Gasteiger partial charge in [0, 0.05) is 12.6 Å². The van der Waals surface area contributed by atoms with Crippen LogP contribution in [0, 0.1) is 11.6 Å². The van der Waals surface area contributed by atoms with Crippen LogP contribution in [0.4, 0.5) is 14.5 Å². The fraction of sp³-hybridized carbons (Fsp3) is 0.286. The summed E-state index contributed by atoms with van der Waals surface area (Å²) in [5.74, 6) is -1.83. The summed E-state index contributed by atoms with van der Waals surface area (Å²) < 4.78 is 60.0. The number of carbonyl (C=O) groups is 1. The summed E-state index contributed by atoms with van der Waals surface area (Å²) in [6.45, 7) is 2.62. The minimum atomic E-state index is -3.81. The molecule has 0 spiro atoms. The largest absolute Gasteiger partial charge is 0.494 e. The van der Waals surface area contributed by atoms with Gasteiger partial charge in [-0.25, -0.2) is 17.2 Å². The summed E-state index contributed by atoms with van der Waals surface area (Å²) >= 11 is 0.934. The van der Waals surface area contributed by atoms with Gasteiger partial charge in [-0.1, -0.05) is 11.3 Å². The second-order valence-corrected chi connectivity index (χ2v) is 10.1. The van der Waals surface area contributed by atoms with Crippen LogP contribution in [0.3, 0.4) is 0 Å². The molecule has 1 amide bonds. The maximum atomic E-state index is 13.8. The van der Waals surface area contributed by atoms with Crippen molar-refractivity contribution in [1.29, 1.82) is 0 Å². The number of rotatable bonds is 7. The third-order valence-corrected chi connectivity index (χ3v) is 7.99. The number of aromatic nitrogens is 2. The van der Waals surface area contributed by atoms with Crippen molar-refractivity contribution in [3.8, 4) is 5.75 Å². The number of carbonyl (C=O) groups excluding carboxylic acids is 1. The summed E-state index contributed by atoms with van der Waals surface area (Å²) in [5, 5.41) is 10.5. The molecule has 1 aliphatic rings. The second-order valence-electron chi connectivity index (χ2n) is 7.20. The smallest absolute Gasteiger partial charge is 0.286 e. The molecule has 0 unspecified atom stereocenters. The molecule has 1 atom stereocenters. The Balaban J connectivity index is 1.52. The van der Waals surface area contributed by atoms with Gasteiger partial charge < -0.3 is 10.1 Å². The molecule has 2 heterocycles. The fourth-order valence-corrected chi connectivity index (χ4v) is 6.13. The van der Waals surface area contributed by atoms with Gasteiger partial charge >= 0.3 is 0 Å². The molecule has 4 rings (SSSR count). The number of anilines is 1. The normalized spacial score (nSPS) is 16.6. The maximum Gasteiger partial charge on any atom is 0.286 e. The molecule has 174 valence electrons. The topological polar surface area (TPSA) is 101 Å². The molecule has 1 fully saturated rings. The second kappa shape index (κ2) is 9.49. The van der Waals surface area contributed by atoms with Crippen molar-refractivity contribution in [3.05, 3.63) is 64.1 Å². The zero-order valence-corrected chi connectivity index (χ0v) is 19.1. The zero-order chi connectivity index (χ0) is 23.6. The molecule has 1 saturated heterocycles. The van der Waals surface area contributed by atoms with Gasteiger partial charge in [-0.05, 0) is 56.2 Å². The Labute approximate surface area is 193 Å². The van der Waals surface area contributed by atoms with Crippen LogP contribution in [0.2, 0.25) is 0 Å². The van der Waals surface area contributed by atoms with E-state index in [0.29, 0.717) is 42.8 Å². The molecule has 1 aromatic heterocycles. The third-order valence-electron chi connectivity index (χ3n) is 5.04. The number of halogens is 2. The fourth-order valence-electron chi connectivity index (χ4n) is 3.51. The van der Waals surface area contributed by atoms with E-state index in [1.807, 2.05) is 6.92 Å². The number of nitrogens with zero attached hydrogens (tertiary/aromatic N) is 3. The van der Waals surface area contributed by atoms with Crippen molar-refractivity contribution in [3.63, 3.8) is 0 Å². The van der Waals surface area contributed by atoms with Crippen molar-refractivity contribution < 1.29 is 26.7 Å². The van der Waals surface area contributed by atoms with Gasteiger partial charge in [-0.3, -0.25) is 4.79 Å². The molecule has 2 aromatic carbocycles. The highest BCUT2D eigenvalue weighted by atomic mass is 32.2. The Morgan fingerprint density at radius 2 is 1.97 bits per heavy atom. The molecular formula is C21H20F2N4O4S2. The molecule has 1 aliphatic heterocycles. The van der Waals surface area contributed by atoms with Gasteiger partial charge in [0.25, 0.3) is 5.91 Å². The zero-order valence-electron chi connectivity index (χ0n) is 17.5. The molecule has 0 radical (unpaired) electrons. The van der Waals surface area contributed by atoms with Crippen molar-refractivity contribution >= 4 is 33.0 Å². The third kappa shape index (κ3) is 4.87. The highest BCUT2D eigenvalue weighted by molar-refractivity contribution is 7.89. The Morgan fingerprint density at radius 3 is 2.67 bits per heavy atom. The highest BCUT2D eigenvalue weighted by Gasteiger charge is 2.38. The lowest BCUT2D eigenvalue weighted by Crippen LogP contribution is -2.30. The van der Waals surface area contributed by atoms with E-state index in [1.165, 1.54) is 16.4 Å². The van der Waals surface area contributed by atoms with E-state index in [9.17, 15) is 22.0 Å². The summed E-state index contributed by atoms with van der Waals surface area (Å²) in [5.41, 5.74) is -0.196. The summed E-state index contributed by atoms with van der Waals surface area (Å²) in [6, 6.07) is 8.40. The molecule has 0 bridgehead atoms. The summed E-state index contributed by atoms with van der Waals surface area (Å²) in [7, 11) is -3.81. The van der Waals surface area contributed by atoms with E-state index < -0.39 is 33.6 Å². The first-order valence-electron chi connectivity index (χ1n) is 10.1. The van der Waals surface area contributed by atoms with E-state index in [4.69, 9.17) is 4.74 Å². The van der Waals surface area contributed by atoms with Crippen molar-refractivity contribution in [2.75, 3.05) is 18.5 Å². The maximum absolute atomic E-state index is 13.8. The average Bonchev–Trinajstić information content (AvgIpc) is 3.46. The Morgan fingerprint density at radius 1 is 1.21 bits per heavy atom. The predicted octanol–water partition coefficient (Wildman–Crippen LogP) is 3.99. The number of benzene rings is 2. The van der Waals surface area contributed by atoms with Crippen LogP contribution >= 0.6 is 11.3 Å². The Bertz CT molecular complexity index is 1270. The van der Waals surface area contributed by atoms with Gasteiger partial charge in [0.05, 0.1) is 23.2 Å². The molecule has 0 aliphatic carbocycles. The standard InChI is InChI=1S/C21H20F2N4O4S2/c1-2-31-14-6-8-15(9-7-14)33(29,30)27-11-3-4-18(27)20-25-26-21(32-20)19(28)24-17-10-5-13(22)12-16(17)23/h5-10,12,18H,2-4,11H2,1H3,(H,24,28)/t18-/m0/s1. The first-order valence-corrected chi connectivity index (χ1v) is 12.4. The highest BCUT2D eigenvalue weighted by Crippen LogP contribution is 2.38. The Hall–Kier alpha value is -2.96. The number of ether oxygens (including phenoxy) is 1. The van der Waals surface area contributed by atoms with Gasteiger partial charge in [-0.15, -0.1) is 10.2 Å². The number of hydrogen-bond acceptors (Lipinski definition) is 7. The quantitative estimate of drug-likeness (QED) is 0.533. The molecule has 1 N–H and O–H groups in total. The lowest BCUT2D eigenvalue weighted by molar-refractivity contribution is 0.102. The van der Waals surface area contributed by atoms with E-state index >= 15 is 0 Å². The SMILES string of the molecule is CCOc1ccc(S(=O)(=O)N2CCC[C@H]2c2nnc(C(=O)Nc3ccc(F)cc3F)s2)cc1. The lowest BCUT2D eigenvalue weighted by Gasteiger charge is -2.22. The number of nitrogens with one attached hydrogen (secondary N) is 1. The average molecular weight is 495 g/mol. The minimum Gasteiger partial charge on any atom is -0.494 e. The molecular weight excluding hydrogens is 474 g/mol. The number of hydrogen-bond donors (Lipinski definition) is 1. The molecule has 0 saturated carbocycles. The van der Waals surface area contributed by atoms with E-state index in [-0.39, 0.29) is 15.6 Å². The van der Waals surface area contributed by atoms with Gasteiger partial charge in [0.15, 0.2) is 0 Å². The lowest BCUT2D eigenvalue weighted by atomic mass is 10.2. The van der Waals surface area contributed by atoms with Crippen molar-refractivity contribution in [2.24, 2.45) is 0 Å². The van der Waals surface area contributed by atoms with Gasteiger partial charge in [0.2, 0.25) is 15.0 Å². The first-order chi connectivity index (χ1) is 15.8. The minimum absolute atomic E-state index is 0.0564. The van der Waals surface area contributed by atoms with Crippen LogP contribution in [-0.4, -0.2) is 42.0 Å². The number of amides is 1. The molecule has 8 nitrogen and oxygen atoms in total. The Kier molecular flexibility index (Phi) is 6.68. The summed E-state index contributed by atoms with van der Waals surface area (Å²) in [6.07, 6.45) is 1.15. The molecule has 33 heavy (non-hydrogen) atoms. The van der Waals surface area contributed by atoms with Crippen LogP contribution in [-0.2, 0) is 10.0 Å². The van der Waals surface area contributed by atoms with E-state index in [1.54, 1.807) is 12.1 Å². The summed E-state index contributed by atoms with van der Waals surface area (Å²) in [4.78, 5) is 12.6. The first kappa shape index (κ1) is 23.2. The van der Waals surface area contributed by atoms with Gasteiger partial charge in [0.1, 0.15) is 22.4 Å². The number of sulfonamides is 1.